The van der Waals surface area contributed by atoms with Gasteiger partial charge in [0.15, 0.2) is 0 Å². The number of nitrogens with zero attached hydrogens (tertiary/aromatic N) is 2. The van der Waals surface area contributed by atoms with Gasteiger partial charge in [0.25, 0.3) is 0 Å². The first-order valence-electron chi connectivity index (χ1n) is 6.62. The lowest BCUT2D eigenvalue weighted by atomic mass is 10.1. The predicted octanol–water partition coefficient (Wildman–Crippen LogP) is 4.45. The average Bonchev–Trinajstić information content (AvgIpc) is 2.53. The van der Waals surface area contributed by atoms with Crippen LogP contribution in [-0.4, -0.2) is 9.97 Å². The van der Waals surface area contributed by atoms with Crippen LogP contribution in [0.1, 0.15) is 0 Å². The molecule has 0 radical (unpaired) electrons. The zero-order valence-electron chi connectivity index (χ0n) is 10.8. The lowest BCUT2D eigenvalue weighted by Crippen LogP contribution is -1.87. The van der Waals surface area contributed by atoms with Crippen LogP contribution >= 0.6 is 0 Å². The molecule has 94 valence electrons. The monoisotopic (exact) mass is 256 g/mol. The fraction of sp³-hybridized carbons (Fsp3) is 0. The van der Waals surface area contributed by atoms with Crippen LogP contribution in [0.25, 0.3) is 33.2 Å². The standard InChI is InChI=1S/C18H12N2/c1-2-6-13(7-3-1)14-10-11-17-18(12-14)20-16-9-5-4-8-15(16)19-17/h1-12H. The van der Waals surface area contributed by atoms with Gasteiger partial charge in [0.2, 0.25) is 0 Å². The molecule has 0 aliphatic heterocycles. The molecule has 0 atom stereocenters. The van der Waals surface area contributed by atoms with Crippen molar-refractivity contribution in [3.63, 3.8) is 0 Å². The summed E-state index contributed by atoms with van der Waals surface area (Å²) in [6.45, 7) is 0. The van der Waals surface area contributed by atoms with Gasteiger partial charge >= 0.3 is 0 Å². The van der Waals surface area contributed by atoms with Crippen LogP contribution in [0.4, 0.5) is 0 Å². The van der Waals surface area contributed by atoms with Gasteiger partial charge in [-0.2, -0.15) is 0 Å². The maximum absolute atomic E-state index is 4.70. The van der Waals surface area contributed by atoms with Crippen molar-refractivity contribution in [1.82, 2.24) is 9.97 Å². The summed E-state index contributed by atoms with van der Waals surface area (Å²) in [5, 5.41) is 0. The number of rotatable bonds is 1. The van der Waals surface area contributed by atoms with Crippen LogP contribution in [0.3, 0.4) is 0 Å². The highest BCUT2D eigenvalue weighted by atomic mass is 14.8. The van der Waals surface area contributed by atoms with Crippen LogP contribution in [-0.2, 0) is 0 Å². The van der Waals surface area contributed by atoms with Gasteiger partial charge in [0.1, 0.15) is 0 Å². The summed E-state index contributed by atoms with van der Waals surface area (Å²) < 4.78 is 0. The summed E-state index contributed by atoms with van der Waals surface area (Å²) in [7, 11) is 0. The summed E-state index contributed by atoms with van der Waals surface area (Å²) in [5.74, 6) is 0. The van der Waals surface area contributed by atoms with E-state index >= 15 is 0 Å². The lowest BCUT2D eigenvalue weighted by Gasteiger charge is -2.04. The van der Waals surface area contributed by atoms with Gasteiger partial charge in [-0.1, -0.05) is 48.5 Å². The molecule has 0 unspecified atom stereocenters. The lowest BCUT2D eigenvalue weighted by molar-refractivity contribution is 1.39. The van der Waals surface area contributed by atoms with Gasteiger partial charge < -0.3 is 0 Å². The summed E-state index contributed by atoms with van der Waals surface area (Å²) in [6, 6.07) is 24.5. The maximum atomic E-state index is 4.70. The van der Waals surface area contributed by atoms with Crippen molar-refractivity contribution in [3.8, 4) is 11.1 Å². The second kappa shape index (κ2) is 4.42. The number of benzene rings is 3. The third kappa shape index (κ3) is 1.82. The van der Waals surface area contributed by atoms with Crippen molar-refractivity contribution in [2.75, 3.05) is 0 Å². The third-order valence-corrected chi connectivity index (χ3v) is 3.45. The van der Waals surface area contributed by atoms with Crippen molar-refractivity contribution in [2.24, 2.45) is 0 Å². The van der Waals surface area contributed by atoms with E-state index in [2.05, 4.69) is 29.2 Å². The molecule has 4 rings (SSSR count). The van der Waals surface area contributed by atoms with Crippen LogP contribution in [0, 0.1) is 0 Å². The molecule has 0 N–H and O–H groups in total. The number of hydrogen-bond donors (Lipinski definition) is 0. The molecule has 1 aromatic heterocycles. The smallest absolute Gasteiger partial charge is 0.0900 e. The minimum atomic E-state index is 0.934. The molecule has 0 saturated carbocycles. The summed E-state index contributed by atoms with van der Waals surface area (Å²) >= 11 is 0. The molecule has 0 aliphatic rings. The van der Waals surface area contributed by atoms with E-state index in [1.807, 2.05) is 48.5 Å². The predicted molar refractivity (Wildman–Crippen MR) is 82.5 cm³/mol. The summed E-state index contributed by atoms with van der Waals surface area (Å²) in [6.07, 6.45) is 0. The Hall–Kier alpha value is -2.74. The van der Waals surface area contributed by atoms with Crippen molar-refractivity contribution >= 4 is 22.1 Å². The van der Waals surface area contributed by atoms with E-state index in [0.29, 0.717) is 0 Å². The quantitative estimate of drug-likeness (QED) is 0.470. The minimum absolute atomic E-state index is 0.934. The van der Waals surface area contributed by atoms with Gasteiger partial charge in [0.05, 0.1) is 22.1 Å². The molecule has 20 heavy (non-hydrogen) atoms. The van der Waals surface area contributed by atoms with Gasteiger partial charge in [-0.15, -0.1) is 0 Å². The van der Waals surface area contributed by atoms with E-state index < -0.39 is 0 Å². The first kappa shape index (κ1) is 11.1. The first-order chi connectivity index (χ1) is 9.90. The molecule has 0 spiro atoms. The minimum Gasteiger partial charge on any atom is -0.245 e. The van der Waals surface area contributed by atoms with E-state index in [1.165, 1.54) is 11.1 Å². The highest BCUT2D eigenvalue weighted by Gasteiger charge is 2.03. The molecular formula is C18H12N2. The first-order valence-corrected chi connectivity index (χ1v) is 6.62. The Bertz CT molecular complexity index is 899. The Kier molecular flexibility index (Phi) is 2.46. The highest BCUT2D eigenvalue weighted by Crippen LogP contribution is 2.23. The molecule has 0 bridgehead atoms. The molecule has 3 aromatic carbocycles. The van der Waals surface area contributed by atoms with Gasteiger partial charge in [-0.05, 0) is 35.4 Å². The Balaban J connectivity index is 1.97. The van der Waals surface area contributed by atoms with E-state index in [1.54, 1.807) is 0 Å². The Labute approximate surface area is 116 Å². The molecule has 2 nitrogen and oxygen atoms in total. The number of aromatic nitrogens is 2. The van der Waals surface area contributed by atoms with Gasteiger partial charge in [0, 0.05) is 0 Å². The second-order valence-electron chi connectivity index (χ2n) is 4.78. The molecule has 1 heterocycles. The van der Waals surface area contributed by atoms with Crippen LogP contribution in [0.5, 0.6) is 0 Å². The zero-order chi connectivity index (χ0) is 13.4. The SMILES string of the molecule is c1ccc(-c2ccc3nc4ccccc4nc3c2)cc1. The Morgan fingerprint density at radius 3 is 1.80 bits per heavy atom. The Morgan fingerprint density at radius 2 is 1.05 bits per heavy atom. The fourth-order valence-corrected chi connectivity index (χ4v) is 2.43. The molecule has 0 fully saturated rings. The van der Waals surface area contributed by atoms with E-state index in [4.69, 9.17) is 4.98 Å². The van der Waals surface area contributed by atoms with Crippen LogP contribution < -0.4 is 0 Å². The summed E-state index contributed by atoms with van der Waals surface area (Å²) in [4.78, 5) is 9.35. The molecule has 0 aliphatic carbocycles. The van der Waals surface area contributed by atoms with Crippen LogP contribution in [0.2, 0.25) is 0 Å². The molecule has 2 heteroatoms. The van der Waals surface area contributed by atoms with E-state index in [-0.39, 0.29) is 0 Å². The molecule has 0 amide bonds. The topological polar surface area (TPSA) is 25.8 Å². The normalized spacial score (nSPS) is 11.0. The van der Waals surface area contributed by atoms with Gasteiger partial charge in [-0.3, -0.25) is 0 Å². The van der Waals surface area contributed by atoms with E-state index in [0.717, 1.165) is 22.1 Å². The number of fused-ring (bicyclic) bond motifs is 2. The fourth-order valence-electron chi connectivity index (χ4n) is 2.43. The van der Waals surface area contributed by atoms with Gasteiger partial charge in [-0.25, -0.2) is 9.97 Å². The second-order valence-corrected chi connectivity index (χ2v) is 4.78. The largest absolute Gasteiger partial charge is 0.245 e. The van der Waals surface area contributed by atoms with Crippen molar-refractivity contribution in [1.29, 1.82) is 0 Å². The number of hydrogen-bond acceptors (Lipinski definition) is 2. The summed E-state index contributed by atoms with van der Waals surface area (Å²) in [5.41, 5.74) is 6.11. The van der Waals surface area contributed by atoms with E-state index in [9.17, 15) is 0 Å². The number of para-hydroxylation sites is 2. The van der Waals surface area contributed by atoms with Crippen LogP contribution in [0.15, 0.2) is 72.8 Å². The van der Waals surface area contributed by atoms with Crippen molar-refractivity contribution < 1.29 is 0 Å². The van der Waals surface area contributed by atoms with Crippen molar-refractivity contribution in [2.45, 2.75) is 0 Å². The third-order valence-electron chi connectivity index (χ3n) is 3.45. The average molecular weight is 256 g/mol. The molecular weight excluding hydrogens is 244 g/mol. The molecule has 4 aromatic rings. The Morgan fingerprint density at radius 1 is 0.450 bits per heavy atom. The zero-order valence-corrected chi connectivity index (χ0v) is 10.8. The molecule has 0 saturated heterocycles. The maximum Gasteiger partial charge on any atom is 0.0900 e. The highest BCUT2D eigenvalue weighted by molar-refractivity contribution is 5.88. The van der Waals surface area contributed by atoms with Crippen molar-refractivity contribution in [3.05, 3.63) is 72.8 Å².